The molecule has 2 heterocycles. The van der Waals surface area contributed by atoms with Crippen LogP contribution in [0.3, 0.4) is 0 Å². The second kappa shape index (κ2) is 4.12. The van der Waals surface area contributed by atoms with E-state index in [1.807, 2.05) is 6.07 Å². The second-order valence-electron chi connectivity index (χ2n) is 2.78. The Morgan fingerprint density at radius 2 is 2.19 bits per heavy atom. The van der Waals surface area contributed by atoms with E-state index in [1.165, 1.54) is 18.4 Å². The molecule has 0 bridgehead atoms. The molecule has 0 unspecified atom stereocenters. The van der Waals surface area contributed by atoms with Crippen LogP contribution in [-0.2, 0) is 0 Å². The average molecular weight is 233 g/mol. The fourth-order valence-electron chi connectivity index (χ4n) is 1.09. The zero-order chi connectivity index (χ0) is 11.5. The van der Waals surface area contributed by atoms with E-state index >= 15 is 0 Å². The number of anilines is 1. The van der Waals surface area contributed by atoms with Gasteiger partial charge in [-0.2, -0.15) is 20.2 Å². The minimum atomic E-state index is 0.0914. The maximum absolute atomic E-state index is 8.71. The van der Waals surface area contributed by atoms with Gasteiger partial charge in [0.1, 0.15) is 10.9 Å². The van der Waals surface area contributed by atoms with E-state index in [9.17, 15) is 0 Å². The SMILES string of the molecule is COc1nc(N)nc(-c2ccc(C#N)s2)n1. The van der Waals surface area contributed by atoms with Crippen LogP contribution in [0.5, 0.6) is 6.01 Å². The first-order valence-electron chi connectivity index (χ1n) is 4.29. The Balaban J connectivity index is 2.47. The molecule has 6 nitrogen and oxygen atoms in total. The summed E-state index contributed by atoms with van der Waals surface area (Å²) in [5.74, 6) is 0.504. The molecule has 80 valence electrons. The van der Waals surface area contributed by atoms with Gasteiger partial charge in [0.25, 0.3) is 0 Å². The Morgan fingerprint density at radius 3 is 2.81 bits per heavy atom. The van der Waals surface area contributed by atoms with Gasteiger partial charge in [0, 0.05) is 0 Å². The minimum Gasteiger partial charge on any atom is -0.467 e. The molecule has 2 rings (SSSR count). The maximum atomic E-state index is 8.71. The number of thiophene rings is 1. The van der Waals surface area contributed by atoms with E-state index in [0.29, 0.717) is 10.7 Å². The van der Waals surface area contributed by atoms with Crippen molar-refractivity contribution in [1.82, 2.24) is 15.0 Å². The first-order chi connectivity index (χ1) is 7.72. The van der Waals surface area contributed by atoms with Crippen LogP contribution in [0.2, 0.25) is 0 Å². The number of nitriles is 1. The standard InChI is InChI=1S/C9H7N5OS/c1-15-9-13-7(12-8(11)14-9)6-3-2-5(4-10)16-6/h2-3H,1H3,(H2,11,12,13,14). The summed E-state index contributed by atoms with van der Waals surface area (Å²) in [7, 11) is 1.45. The van der Waals surface area contributed by atoms with Crippen molar-refractivity contribution in [2.45, 2.75) is 0 Å². The predicted octanol–water partition coefficient (Wildman–Crippen LogP) is 1.06. The topological polar surface area (TPSA) is 97.7 Å². The predicted molar refractivity (Wildman–Crippen MR) is 58.8 cm³/mol. The smallest absolute Gasteiger partial charge is 0.321 e. The molecule has 16 heavy (non-hydrogen) atoms. The Morgan fingerprint density at radius 1 is 1.38 bits per heavy atom. The Labute approximate surface area is 95.4 Å². The Kier molecular flexibility index (Phi) is 2.66. The largest absolute Gasteiger partial charge is 0.467 e. The highest BCUT2D eigenvalue weighted by atomic mass is 32.1. The van der Waals surface area contributed by atoms with Gasteiger partial charge in [0.15, 0.2) is 5.82 Å². The van der Waals surface area contributed by atoms with Crippen molar-refractivity contribution in [2.24, 2.45) is 0 Å². The summed E-state index contributed by atoms with van der Waals surface area (Å²) in [4.78, 5) is 13.1. The van der Waals surface area contributed by atoms with E-state index in [-0.39, 0.29) is 12.0 Å². The fourth-order valence-corrected chi connectivity index (χ4v) is 1.83. The summed E-state index contributed by atoms with van der Waals surface area (Å²) in [5, 5.41) is 8.71. The molecule has 0 amide bonds. The van der Waals surface area contributed by atoms with Crippen molar-refractivity contribution < 1.29 is 4.74 Å². The number of nitrogens with two attached hydrogens (primary N) is 1. The van der Waals surface area contributed by atoms with E-state index < -0.39 is 0 Å². The van der Waals surface area contributed by atoms with Crippen LogP contribution in [0.25, 0.3) is 10.7 Å². The normalized spacial score (nSPS) is 9.75. The molecular formula is C9H7N5OS. The van der Waals surface area contributed by atoms with Crippen LogP contribution in [-0.4, -0.2) is 22.1 Å². The number of ether oxygens (including phenoxy) is 1. The van der Waals surface area contributed by atoms with Gasteiger partial charge in [-0.3, -0.25) is 0 Å². The number of rotatable bonds is 2. The summed E-state index contributed by atoms with van der Waals surface area (Å²) in [6.07, 6.45) is 0. The number of methoxy groups -OCH3 is 1. The maximum Gasteiger partial charge on any atom is 0.321 e. The molecular weight excluding hydrogens is 226 g/mol. The Bertz CT molecular complexity index is 559. The van der Waals surface area contributed by atoms with Crippen molar-refractivity contribution in [3.05, 3.63) is 17.0 Å². The molecule has 2 N–H and O–H groups in total. The van der Waals surface area contributed by atoms with Crippen molar-refractivity contribution in [2.75, 3.05) is 12.8 Å². The van der Waals surface area contributed by atoms with Crippen LogP contribution >= 0.6 is 11.3 Å². The quantitative estimate of drug-likeness (QED) is 0.832. The van der Waals surface area contributed by atoms with Crippen LogP contribution in [0.1, 0.15) is 4.88 Å². The second-order valence-corrected chi connectivity index (χ2v) is 3.86. The zero-order valence-electron chi connectivity index (χ0n) is 8.34. The van der Waals surface area contributed by atoms with Crippen molar-refractivity contribution in [1.29, 1.82) is 5.26 Å². The molecule has 0 aliphatic heterocycles. The number of aromatic nitrogens is 3. The van der Waals surface area contributed by atoms with Gasteiger partial charge in [0.05, 0.1) is 12.0 Å². The average Bonchev–Trinajstić information content (AvgIpc) is 2.76. The lowest BCUT2D eigenvalue weighted by molar-refractivity contribution is 0.379. The molecule has 0 radical (unpaired) electrons. The summed E-state index contributed by atoms with van der Waals surface area (Å²) in [6.45, 7) is 0. The third kappa shape index (κ3) is 1.92. The van der Waals surface area contributed by atoms with E-state index in [4.69, 9.17) is 15.7 Å². The third-order valence-electron chi connectivity index (χ3n) is 1.75. The van der Waals surface area contributed by atoms with Gasteiger partial charge in [0.2, 0.25) is 5.95 Å². The third-order valence-corrected chi connectivity index (χ3v) is 2.74. The van der Waals surface area contributed by atoms with E-state index in [2.05, 4.69) is 15.0 Å². The first-order valence-corrected chi connectivity index (χ1v) is 5.10. The molecule has 0 saturated heterocycles. The molecule has 2 aromatic rings. The highest BCUT2D eigenvalue weighted by Gasteiger charge is 2.09. The highest BCUT2D eigenvalue weighted by Crippen LogP contribution is 2.25. The molecule has 0 aliphatic carbocycles. The monoisotopic (exact) mass is 233 g/mol. The van der Waals surface area contributed by atoms with Crippen molar-refractivity contribution >= 4 is 17.3 Å². The molecule has 0 spiro atoms. The first kappa shape index (κ1) is 10.3. The van der Waals surface area contributed by atoms with Crippen LogP contribution < -0.4 is 10.5 Å². The van der Waals surface area contributed by atoms with Gasteiger partial charge in [-0.1, -0.05) is 0 Å². The van der Waals surface area contributed by atoms with Gasteiger partial charge >= 0.3 is 6.01 Å². The van der Waals surface area contributed by atoms with E-state index in [0.717, 1.165) is 4.88 Å². The molecule has 0 atom stereocenters. The highest BCUT2D eigenvalue weighted by molar-refractivity contribution is 7.15. The van der Waals surface area contributed by atoms with Crippen LogP contribution in [0, 0.1) is 11.3 Å². The fraction of sp³-hybridized carbons (Fsp3) is 0.111. The van der Waals surface area contributed by atoms with Gasteiger partial charge in [-0.05, 0) is 12.1 Å². The van der Waals surface area contributed by atoms with Crippen LogP contribution in [0.4, 0.5) is 5.95 Å². The molecule has 2 aromatic heterocycles. The molecule has 0 aliphatic rings. The number of nitrogens with zero attached hydrogens (tertiary/aromatic N) is 4. The van der Waals surface area contributed by atoms with Crippen molar-refractivity contribution in [3.63, 3.8) is 0 Å². The van der Waals surface area contributed by atoms with Gasteiger partial charge < -0.3 is 10.5 Å². The molecule has 0 saturated carbocycles. The molecule has 0 aromatic carbocycles. The lowest BCUT2D eigenvalue weighted by Gasteiger charge is -2.00. The minimum absolute atomic E-state index is 0.0914. The number of hydrogen-bond donors (Lipinski definition) is 1. The Hall–Kier alpha value is -2.20. The number of hydrogen-bond acceptors (Lipinski definition) is 7. The van der Waals surface area contributed by atoms with Gasteiger partial charge in [-0.15, -0.1) is 11.3 Å². The molecule has 0 fully saturated rings. The van der Waals surface area contributed by atoms with E-state index in [1.54, 1.807) is 12.1 Å². The zero-order valence-corrected chi connectivity index (χ0v) is 9.15. The lowest BCUT2D eigenvalue weighted by atomic mass is 10.4. The molecule has 7 heteroatoms. The van der Waals surface area contributed by atoms with Crippen molar-refractivity contribution in [3.8, 4) is 22.8 Å². The number of nitrogen functional groups attached to an aromatic ring is 1. The summed E-state index contributed by atoms with van der Waals surface area (Å²) in [5.41, 5.74) is 5.51. The summed E-state index contributed by atoms with van der Waals surface area (Å²) >= 11 is 1.29. The van der Waals surface area contributed by atoms with Gasteiger partial charge in [-0.25, -0.2) is 0 Å². The lowest BCUT2D eigenvalue weighted by Crippen LogP contribution is -2.01. The van der Waals surface area contributed by atoms with Crippen LogP contribution in [0.15, 0.2) is 12.1 Å². The summed E-state index contributed by atoms with van der Waals surface area (Å²) in [6, 6.07) is 5.67. The summed E-state index contributed by atoms with van der Waals surface area (Å²) < 4.78 is 4.89.